The van der Waals surface area contributed by atoms with Gasteiger partial charge in [0.1, 0.15) is 11.4 Å². The highest BCUT2D eigenvalue weighted by Gasteiger charge is 2.19. The van der Waals surface area contributed by atoms with Crippen LogP contribution in [0.25, 0.3) is 0 Å². The van der Waals surface area contributed by atoms with Crippen molar-refractivity contribution >= 4 is 11.8 Å². The molecule has 0 atom stereocenters. The van der Waals surface area contributed by atoms with Crippen molar-refractivity contribution in [1.82, 2.24) is 10.9 Å². The molecule has 0 aliphatic heterocycles. The summed E-state index contributed by atoms with van der Waals surface area (Å²) in [5.74, 6) is -2.22. The molecule has 9 heteroatoms. The number of carbonyl (C=O) groups is 1. The van der Waals surface area contributed by atoms with Crippen LogP contribution in [0.3, 0.4) is 0 Å². The molecule has 116 valence electrons. The van der Waals surface area contributed by atoms with Crippen molar-refractivity contribution in [2.75, 3.05) is 0 Å². The molecular weight excluding hydrogens is 288 g/mol. The molecule has 1 amide bonds. The van der Waals surface area contributed by atoms with Crippen LogP contribution in [0.2, 0.25) is 0 Å². The Labute approximate surface area is 119 Å². The quantitative estimate of drug-likeness (QED) is 0.658. The lowest BCUT2D eigenvalue weighted by molar-refractivity contribution is -0.387. The minimum atomic E-state index is -1.26. The molecule has 0 bridgehead atoms. The number of benzene rings is 1. The summed E-state index contributed by atoms with van der Waals surface area (Å²) < 4.78 is 31.5. The SMILES string of the molecule is CC(C)(C)OC(=O)NNCc1cc([N+](=O)[O-])c(F)cc1F. The van der Waals surface area contributed by atoms with Gasteiger partial charge in [-0.25, -0.2) is 14.6 Å². The van der Waals surface area contributed by atoms with Crippen LogP contribution < -0.4 is 10.9 Å². The van der Waals surface area contributed by atoms with Crippen LogP contribution in [-0.2, 0) is 11.3 Å². The van der Waals surface area contributed by atoms with E-state index in [2.05, 4.69) is 10.9 Å². The van der Waals surface area contributed by atoms with Crippen molar-refractivity contribution in [2.45, 2.75) is 32.9 Å². The summed E-state index contributed by atoms with van der Waals surface area (Å²) in [5.41, 5.74) is 2.77. The second-order valence-corrected chi connectivity index (χ2v) is 5.13. The number of hydrogen-bond acceptors (Lipinski definition) is 5. The summed E-state index contributed by atoms with van der Waals surface area (Å²) in [7, 11) is 0. The van der Waals surface area contributed by atoms with Crippen LogP contribution in [0.5, 0.6) is 0 Å². The first-order valence-electron chi connectivity index (χ1n) is 5.94. The van der Waals surface area contributed by atoms with Crippen LogP contribution >= 0.6 is 0 Å². The number of rotatable bonds is 4. The molecule has 0 saturated carbocycles. The predicted octanol–water partition coefficient (Wildman–Crippen LogP) is 2.40. The maximum Gasteiger partial charge on any atom is 0.422 e. The van der Waals surface area contributed by atoms with Crippen LogP contribution in [0.15, 0.2) is 12.1 Å². The van der Waals surface area contributed by atoms with E-state index in [1.165, 1.54) is 0 Å². The summed E-state index contributed by atoms with van der Waals surface area (Å²) in [4.78, 5) is 20.9. The van der Waals surface area contributed by atoms with Gasteiger partial charge >= 0.3 is 11.8 Å². The fourth-order valence-corrected chi connectivity index (χ4v) is 1.37. The summed E-state index contributed by atoms with van der Waals surface area (Å²) >= 11 is 0. The van der Waals surface area contributed by atoms with Gasteiger partial charge in [-0.3, -0.25) is 15.5 Å². The van der Waals surface area contributed by atoms with Crippen LogP contribution in [-0.4, -0.2) is 16.6 Å². The van der Waals surface area contributed by atoms with Gasteiger partial charge in [0.25, 0.3) is 0 Å². The molecule has 0 unspecified atom stereocenters. The number of nitro groups is 1. The van der Waals surface area contributed by atoms with Crippen LogP contribution in [0.1, 0.15) is 26.3 Å². The van der Waals surface area contributed by atoms with Gasteiger partial charge < -0.3 is 4.74 Å². The van der Waals surface area contributed by atoms with E-state index >= 15 is 0 Å². The minimum Gasteiger partial charge on any atom is -0.443 e. The van der Waals surface area contributed by atoms with Crippen molar-refractivity contribution < 1.29 is 23.2 Å². The number of nitrogens with one attached hydrogen (secondary N) is 2. The van der Waals surface area contributed by atoms with Crippen molar-refractivity contribution in [3.8, 4) is 0 Å². The maximum atomic E-state index is 13.4. The lowest BCUT2D eigenvalue weighted by Crippen LogP contribution is -2.40. The zero-order chi connectivity index (χ0) is 16.2. The predicted molar refractivity (Wildman–Crippen MR) is 69.2 cm³/mol. The number of ether oxygens (including phenoxy) is 1. The third-order valence-corrected chi connectivity index (χ3v) is 2.18. The first-order valence-corrected chi connectivity index (χ1v) is 5.94. The summed E-state index contributed by atoms with van der Waals surface area (Å²) in [6, 6.07) is 1.18. The fraction of sp³-hybridized carbons (Fsp3) is 0.417. The smallest absolute Gasteiger partial charge is 0.422 e. The van der Waals surface area contributed by atoms with E-state index in [1.54, 1.807) is 20.8 Å². The average Bonchev–Trinajstić information content (AvgIpc) is 2.28. The highest BCUT2D eigenvalue weighted by atomic mass is 19.1. The first-order chi connectivity index (χ1) is 9.60. The lowest BCUT2D eigenvalue weighted by Gasteiger charge is -2.19. The molecule has 21 heavy (non-hydrogen) atoms. The van der Waals surface area contributed by atoms with Gasteiger partial charge in [-0.2, -0.15) is 4.39 Å². The van der Waals surface area contributed by atoms with E-state index in [0.29, 0.717) is 6.07 Å². The number of amides is 1. The molecule has 0 fully saturated rings. The molecule has 0 aromatic heterocycles. The number of nitrogens with zero attached hydrogens (tertiary/aromatic N) is 1. The number of hydrogen-bond donors (Lipinski definition) is 2. The monoisotopic (exact) mass is 303 g/mol. The van der Waals surface area contributed by atoms with Gasteiger partial charge in [-0.15, -0.1) is 0 Å². The normalized spacial score (nSPS) is 11.1. The number of hydrazine groups is 1. The van der Waals surface area contributed by atoms with Crippen LogP contribution in [0, 0.1) is 21.7 Å². The minimum absolute atomic E-state index is 0.167. The maximum absolute atomic E-state index is 13.4. The van der Waals surface area contributed by atoms with Crippen LogP contribution in [0.4, 0.5) is 19.3 Å². The van der Waals surface area contributed by atoms with Gasteiger partial charge in [0.05, 0.1) is 4.92 Å². The Balaban J connectivity index is 2.66. The third-order valence-electron chi connectivity index (χ3n) is 2.18. The molecule has 1 rings (SSSR count). The molecule has 0 spiro atoms. The first kappa shape index (κ1) is 16.8. The van der Waals surface area contributed by atoms with E-state index in [9.17, 15) is 23.7 Å². The van der Waals surface area contributed by atoms with E-state index in [0.717, 1.165) is 6.07 Å². The Morgan fingerprint density at radius 3 is 2.48 bits per heavy atom. The molecule has 7 nitrogen and oxygen atoms in total. The van der Waals surface area contributed by atoms with Gasteiger partial charge in [0.2, 0.25) is 5.82 Å². The molecule has 0 aliphatic carbocycles. The summed E-state index contributed by atoms with van der Waals surface area (Å²) in [6.45, 7) is 4.72. The lowest BCUT2D eigenvalue weighted by atomic mass is 10.2. The second-order valence-electron chi connectivity index (χ2n) is 5.13. The molecule has 2 N–H and O–H groups in total. The fourth-order valence-electron chi connectivity index (χ4n) is 1.37. The zero-order valence-corrected chi connectivity index (χ0v) is 11.7. The van der Waals surface area contributed by atoms with Gasteiger partial charge in [0.15, 0.2) is 0 Å². The van der Waals surface area contributed by atoms with Crippen molar-refractivity contribution in [3.05, 3.63) is 39.4 Å². The molecule has 0 heterocycles. The molecule has 1 aromatic rings. The van der Waals surface area contributed by atoms with E-state index in [-0.39, 0.29) is 12.1 Å². The highest BCUT2D eigenvalue weighted by Crippen LogP contribution is 2.21. The largest absolute Gasteiger partial charge is 0.443 e. The Morgan fingerprint density at radius 1 is 1.33 bits per heavy atom. The molecule has 1 aromatic carbocycles. The zero-order valence-electron chi connectivity index (χ0n) is 11.7. The standard InChI is InChI=1S/C12H15F2N3O4/c1-12(2,3)21-11(18)16-15-6-7-4-10(17(19)20)9(14)5-8(7)13/h4-5,15H,6H2,1-3H3,(H,16,18). The molecule has 0 radical (unpaired) electrons. The van der Waals surface area contributed by atoms with E-state index in [1.807, 2.05) is 0 Å². The topological polar surface area (TPSA) is 93.5 Å². The van der Waals surface area contributed by atoms with Gasteiger partial charge in [-0.05, 0) is 20.8 Å². The van der Waals surface area contributed by atoms with Crippen molar-refractivity contribution in [2.24, 2.45) is 0 Å². The Kier molecular flexibility index (Phi) is 5.14. The molecule has 0 saturated heterocycles. The van der Waals surface area contributed by atoms with Gasteiger partial charge in [-0.1, -0.05) is 0 Å². The van der Waals surface area contributed by atoms with E-state index in [4.69, 9.17) is 4.74 Å². The number of halogens is 2. The Morgan fingerprint density at radius 2 is 1.95 bits per heavy atom. The second kappa shape index (κ2) is 6.44. The molecule has 0 aliphatic rings. The highest BCUT2D eigenvalue weighted by molar-refractivity contribution is 5.66. The summed E-state index contributed by atoms with van der Waals surface area (Å²) in [5, 5.41) is 10.6. The van der Waals surface area contributed by atoms with E-state index < -0.39 is 33.9 Å². The molecular formula is C12H15F2N3O4. The third kappa shape index (κ3) is 5.30. The average molecular weight is 303 g/mol. The Hall–Kier alpha value is -2.29. The van der Waals surface area contributed by atoms with Crippen molar-refractivity contribution in [1.29, 1.82) is 0 Å². The van der Waals surface area contributed by atoms with Gasteiger partial charge in [0, 0.05) is 24.2 Å². The summed E-state index contributed by atoms with van der Waals surface area (Å²) in [6.07, 6.45) is -0.792. The van der Waals surface area contributed by atoms with Crippen molar-refractivity contribution in [3.63, 3.8) is 0 Å². The number of carbonyl (C=O) groups excluding carboxylic acids is 1. The number of nitro benzene ring substituents is 1. The Bertz CT molecular complexity index is 558.